The summed E-state index contributed by atoms with van der Waals surface area (Å²) in [6, 6.07) is 13.7. The molecule has 2 rings (SSSR count). The van der Waals surface area contributed by atoms with Gasteiger partial charge in [0.2, 0.25) is 7.38 Å². The SMILES string of the molecule is Cc1cc([Si](C)(C)C)cc([Si](C)(Cl)c2cc(C)ccc2C)c1. The van der Waals surface area contributed by atoms with Crippen LogP contribution < -0.4 is 15.6 Å². The van der Waals surface area contributed by atoms with Crippen molar-refractivity contribution >= 4 is 42.1 Å². The third kappa shape index (κ3) is 3.56. The van der Waals surface area contributed by atoms with Crippen molar-refractivity contribution in [1.82, 2.24) is 0 Å². The fourth-order valence-electron chi connectivity index (χ4n) is 2.88. The van der Waals surface area contributed by atoms with Gasteiger partial charge in [0.25, 0.3) is 0 Å². The molecule has 0 aliphatic heterocycles. The highest BCUT2D eigenvalue weighted by molar-refractivity contribution is 7.33. The van der Waals surface area contributed by atoms with Gasteiger partial charge in [0.15, 0.2) is 0 Å². The topological polar surface area (TPSA) is 0 Å². The maximum Gasteiger partial charge on any atom is 0.214 e. The molecular weight excluding hydrogens is 320 g/mol. The molecule has 2 aromatic carbocycles. The van der Waals surface area contributed by atoms with Crippen molar-refractivity contribution < 1.29 is 0 Å². The van der Waals surface area contributed by atoms with Crippen LogP contribution in [0, 0.1) is 20.8 Å². The summed E-state index contributed by atoms with van der Waals surface area (Å²) in [6.45, 7) is 16.0. The van der Waals surface area contributed by atoms with Gasteiger partial charge < -0.3 is 0 Å². The van der Waals surface area contributed by atoms with E-state index >= 15 is 0 Å². The first-order valence-corrected chi connectivity index (χ1v) is 14.9. The zero-order valence-electron chi connectivity index (χ0n) is 14.8. The fourth-order valence-corrected chi connectivity index (χ4v) is 7.77. The van der Waals surface area contributed by atoms with Gasteiger partial charge in [0, 0.05) is 0 Å². The van der Waals surface area contributed by atoms with Crippen molar-refractivity contribution in [2.45, 2.75) is 47.0 Å². The minimum atomic E-state index is -2.18. The molecule has 0 aromatic heterocycles. The van der Waals surface area contributed by atoms with Crippen molar-refractivity contribution in [1.29, 1.82) is 0 Å². The van der Waals surface area contributed by atoms with E-state index in [1.165, 1.54) is 32.3 Å². The molecular formula is C19H27ClSi2. The third-order valence-corrected chi connectivity index (χ3v) is 10.6. The molecule has 0 aliphatic rings. The Balaban J connectivity index is 2.63. The number of halogens is 1. The molecule has 1 unspecified atom stereocenters. The summed E-state index contributed by atoms with van der Waals surface area (Å²) in [6.07, 6.45) is 0. The van der Waals surface area contributed by atoms with Crippen LogP contribution in [0.15, 0.2) is 36.4 Å². The zero-order valence-corrected chi connectivity index (χ0v) is 17.6. The van der Waals surface area contributed by atoms with E-state index in [9.17, 15) is 0 Å². The van der Waals surface area contributed by atoms with Gasteiger partial charge in [-0.25, -0.2) is 0 Å². The maximum absolute atomic E-state index is 7.21. The molecule has 0 fully saturated rings. The number of hydrogen-bond acceptors (Lipinski definition) is 0. The summed E-state index contributed by atoms with van der Waals surface area (Å²) in [7, 11) is -3.52. The first kappa shape index (κ1) is 17.5. The van der Waals surface area contributed by atoms with E-state index in [0.717, 1.165) is 0 Å². The summed E-state index contributed by atoms with van der Waals surface area (Å²) in [5, 5.41) is 4.20. The molecule has 0 bridgehead atoms. The van der Waals surface area contributed by atoms with Gasteiger partial charge in [0.05, 0.1) is 8.07 Å². The number of aryl methyl sites for hydroxylation is 3. The average Bonchev–Trinajstić information content (AvgIpc) is 2.39. The molecule has 0 radical (unpaired) electrons. The van der Waals surface area contributed by atoms with Crippen molar-refractivity contribution in [2.24, 2.45) is 0 Å². The lowest BCUT2D eigenvalue weighted by Crippen LogP contribution is -2.54. The Morgan fingerprint density at radius 1 is 0.727 bits per heavy atom. The Morgan fingerprint density at radius 2 is 1.32 bits per heavy atom. The molecule has 1 atom stereocenters. The van der Waals surface area contributed by atoms with Crippen LogP contribution >= 0.6 is 11.1 Å². The summed E-state index contributed by atoms with van der Waals surface area (Å²) in [4.78, 5) is 0. The van der Waals surface area contributed by atoms with Gasteiger partial charge in [-0.05, 0) is 37.7 Å². The molecule has 0 N–H and O–H groups in total. The van der Waals surface area contributed by atoms with Gasteiger partial charge in [-0.3, -0.25) is 0 Å². The molecule has 0 nitrogen and oxygen atoms in total. The van der Waals surface area contributed by atoms with Crippen LogP contribution in [0.4, 0.5) is 0 Å². The lowest BCUT2D eigenvalue weighted by molar-refractivity contribution is 1.42. The van der Waals surface area contributed by atoms with Crippen molar-refractivity contribution in [3.63, 3.8) is 0 Å². The van der Waals surface area contributed by atoms with Crippen LogP contribution in [-0.4, -0.2) is 15.5 Å². The van der Waals surface area contributed by atoms with E-state index in [1.54, 1.807) is 0 Å². The molecule has 0 amide bonds. The fraction of sp³-hybridized carbons (Fsp3) is 0.368. The molecule has 118 valence electrons. The van der Waals surface area contributed by atoms with Crippen LogP contribution in [0.2, 0.25) is 26.2 Å². The minimum Gasteiger partial charge on any atom is -0.155 e. The molecule has 3 heteroatoms. The smallest absolute Gasteiger partial charge is 0.155 e. The Kier molecular flexibility index (Phi) is 4.77. The zero-order chi connectivity index (χ0) is 16.7. The van der Waals surface area contributed by atoms with E-state index in [2.05, 4.69) is 83.4 Å². The Morgan fingerprint density at radius 3 is 1.91 bits per heavy atom. The number of benzene rings is 2. The molecule has 22 heavy (non-hydrogen) atoms. The Labute approximate surface area is 142 Å². The van der Waals surface area contributed by atoms with Crippen LogP contribution in [0.25, 0.3) is 0 Å². The van der Waals surface area contributed by atoms with Gasteiger partial charge in [0.1, 0.15) is 0 Å². The summed E-state index contributed by atoms with van der Waals surface area (Å²) in [5.41, 5.74) is 3.93. The monoisotopic (exact) mass is 346 g/mol. The van der Waals surface area contributed by atoms with Crippen molar-refractivity contribution in [2.75, 3.05) is 0 Å². The standard InChI is InChI=1S/C19H27ClSi2/c1-14-8-9-16(3)19(12-14)22(7,20)18-11-15(2)10-17(13-18)21(4,5)6/h8-13H,1-7H3. The predicted octanol–water partition coefficient (Wildman–Crippen LogP) is 4.09. The first-order chi connectivity index (χ1) is 10.0. The normalized spacial score (nSPS) is 14.7. The second kappa shape index (κ2) is 5.99. The quantitative estimate of drug-likeness (QED) is 0.580. The Hall–Kier alpha value is -0.836. The van der Waals surface area contributed by atoms with E-state index in [0.29, 0.717) is 0 Å². The maximum atomic E-state index is 7.21. The lowest BCUT2D eigenvalue weighted by Gasteiger charge is -2.26. The molecule has 0 spiro atoms. The highest BCUT2D eigenvalue weighted by Crippen LogP contribution is 2.15. The average molecular weight is 347 g/mol. The first-order valence-electron chi connectivity index (χ1n) is 7.91. The van der Waals surface area contributed by atoms with Crippen LogP contribution in [-0.2, 0) is 0 Å². The minimum absolute atomic E-state index is 1.29. The van der Waals surface area contributed by atoms with E-state index in [4.69, 9.17) is 11.1 Å². The van der Waals surface area contributed by atoms with Gasteiger partial charge in [-0.1, -0.05) is 77.9 Å². The summed E-state index contributed by atoms with van der Waals surface area (Å²) in [5.74, 6) is 0. The molecule has 0 aliphatic carbocycles. The third-order valence-electron chi connectivity index (χ3n) is 4.38. The molecule has 0 saturated carbocycles. The van der Waals surface area contributed by atoms with Crippen LogP contribution in [0.3, 0.4) is 0 Å². The lowest BCUT2D eigenvalue weighted by atomic mass is 10.2. The number of hydrogen-bond donors (Lipinski definition) is 0. The van der Waals surface area contributed by atoms with Crippen molar-refractivity contribution in [3.05, 3.63) is 53.1 Å². The van der Waals surface area contributed by atoms with Gasteiger partial charge in [-0.2, -0.15) is 11.1 Å². The van der Waals surface area contributed by atoms with Gasteiger partial charge in [-0.15, -0.1) is 0 Å². The summed E-state index contributed by atoms with van der Waals surface area (Å²) >= 11 is 7.21. The van der Waals surface area contributed by atoms with E-state index in [-0.39, 0.29) is 0 Å². The van der Waals surface area contributed by atoms with Crippen molar-refractivity contribution in [3.8, 4) is 0 Å². The Bertz CT molecular complexity index is 697. The van der Waals surface area contributed by atoms with Gasteiger partial charge >= 0.3 is 0 Å². The van der Waals surface area contributed by atoms with E-state index in [1.807, 2.05) is 0 Å². The molecule has 0 saturated heterocycles. The number of rotatable bonds is 3. The highest BCUT2D eigenvalue weighted by atomic mass is 35.6. The molecule has 2 aromatic rings. The second-order valence-corrected chi connectivity index (χ2v) is 18.1. The van der Waals surface area contributed by atoms with Crippen LogP contribution in [0.5, 0.6) is 0 Å². The summed E-state index contributed by atoms with van der Waals surface area (Å²) < 4.78 is 0. The van der Waals surface area contributed by atoms with E-state index < -0.39 is 15.5 Å². The highest BCUT2D eigenvalue weighted by Gasteiger charge is 2.32. The molecule has 0 heterocycles. The largest absolute Gasteiger partial charge is 0.214 e. The van der Waals surface area contributed by atoms with Crippen LogP contribution in [0.1, 0.15) is 16.7 Å². The second-order valence-electron chi connectivity index (χ2n) is 7.66. The predicted molar refractivity (Wildman–Crippen MR) is 107 cm³/mol.